The Labute approximate surface area is 207 Å². The summed E-state index contributed by atoms with van der Waals surface area (Å²) in [7, 11) is 0. The maximum absolute atomic E-state index is 13.2. The lowest BCUT2D eigenvalue weighted by molar-refractivity contribution is -0.143. The summed E-state index contributed by atoms with van der Waals surface area (Å²) >= 11 is 1.57. The standard InChI is InChI=1S/C26H40N2O5S/c1-14-9-8-10-26(7)24(33-26)21(15(2)11-18-13-34-17(4)27-18)28-20(30)12-19(29)25(5,6)23(32)16(3)22(14)31/h11,13-14,16,19,21-22,24,29,31H,8-10,12H2,1-7H3,(H,28,30)/b15-11+/t14?,16?,19?,21?,22?,24?,26-/m1/s1. The highest BCUT2D eigenvalue weighted by molar-refractivity contribution is 7.09. The van der Waals surface area contributed by atoms with Crippen molar-refractivity contribution in [3.05, 3.63) is 21.7 Å². The summed E-state index contributed by atoms with van der Waals surface area (Å²) in [5.74, 6) is -1.27. The molecule has 7 nitrogen and oxygen atoms in total. The smallest absolute Gasteiger partial charge is 0.223 e. The van der Waals surface area contributed by atoms with E-state index < -0.39 is 23.5 Å². The van der Waals surface area contributed by atoms with Crippen molar-refractivity contribution in [2.45, 2.75) is 104 Å². The minimum atomic E-state index is -1.17. The van der Waals surface area contributed by atoms with Crippen LogP contribution in [0.4, 0.5) is 0 Å². The van der Waals surface area contributed by atoms with E-state index in [-0.39, 0.29) is 41.8 Å². The molecular weight excluding hydrogens is 452 g/mol. The van der Waals surface area contributed by atoms with Crippen LogP contribution in [0, 0.1) is 24.2 Å². The highest BCUT2D eigenvalue weighted by Crippen LogP contribution is 2.45. The monoisotopic (exact) mass is 492 g/mol. The number of carbonyl (C=O) groups is 2. The van der Waals surface area contributed by atoms with Crippen LogP contribution in [-0.2, 0) is 14.3 Å². The lowest BCUT2D eigenvalue weighted by Gasteiger charge is -2.34. The van der Waals surface area contributed by atoms with E-state index in [1.807, 2.05) is 32.2 Å². The summed E-state index contributed by atoms with van der Waals surface area (Å²) < 4.78 is 6.15. The van der Waals surface area contributed by atoms with Gasteiger partial charge in [0.15, 0.2) is 0 Å². The quantitative estimate of drug-likeness (QED) is 0.543. The number of amides is 1. The second-order valence-electron chi connectivity index (χ2n) is 11.0. The first kappa shape index (κ1) is 27.0. The molecule has 190 valence electrons. The minimum Gasteiger partial charge on any atom is -0.392 e. The summed E-state index contributed by atoms with van der Waals surface area (Å²) in [6.45, 7) is 12.9. The number of nitrogens with zero attached hydrogens (tertiary/aromatic N) is 1. The molecule has 2 aliphatic rings. The lowest BCUT2D eigenvalue weighted by Crippen LogP contribution is -2.48. The fourth-order valence-corrected chi connectivity index (χ4v) is 5.65. The molecular formula is C26H40N2O5S. The third-order valence-corrected chi connectivity index (χ3v) is 8.54. The zero-order chi connectivity index (χ0) is 25.4. The molecule has 1 aromatic heterocycles. The molecule has 7 atom stereocenters. The fraction of sp³-hybridized carbons (Fsp3) is 0.731. The summed E-state index contributed by atoms with van der Waals surface area (Å²) in [4.78, 5) is 30.7. The molecule has 0 aromatic carbocycles. The van der Waals surface area contributed by atoms with Gasteiger partial charge in [0, 0.05) is 11.3 Å². The predicted octanol–water partition coefficient (Wildman–Crippen LogP) is 3.66. The van der Waals surface area contributed by atoms with Crippen LogP contribution in [-0.4, -0.2) is 56.8 Å². The number of aryl methyl sites for hydroxylation is 1. The summed E-state index contributed by atoms with van der Waals surface area (Å²) in [6.07, 6.45) is 1.98. The van der Waals surface area contributed by atoms with Gasteiger partial charge < -0.3 is 20.3 Å². The summed E-state index contributed by atoms with van der Waals surface area (Å²) in [6, 6.07) is -0.363. The molecule has 6 unspecified atom stereocenters. The van der Waals surface area contributed by atoms with E-state index in [1.165, 1.54) is 0 Å². The van der Waals surface area contributed by atoms with Crippen LogP contribution in [0.1, 0.15) is 77.9 Å². The molecule has 2 saturated heterocycles. The number of epoxide rings is 1. The molecule has 3 heterocycles. The number of hydrogen-bond donors (Lipinski definition) is 3. The van der Waals surface area contributed by atoms with Gasteiger partial charge in [-0.1, -0.05) is 34.1 Å². The van der Waals surface area contributed by atoms with Crippen molar-refractivity contribution in [3.63, 3.8) is 0 Å². The predicted molar refractivity (Wildman–Crippen MR) is 133 cm³/mol. The van der Waals surface area contributed by atoms with Gasteiger partial charge in [-0.15, -0.1) is 11.3 Å². The van der Waals surface area contributed by atoms with Crippen LogP contribution in [0.2, 0.25) is 0 Å². The van der Waals surface area contributed by atoms with Crippen LogP contribution in [0.15, 0.2) is 11.0 Å². The van der Waals surface area contributed by atoms with Crippen molar-refractivity contribution in [3.8, 4) is 0 Å². The molecule has 0 bridgehead atoms. The Hall–Kier alpha value is -1.61. The number of Topliss-reactive ketones (excluding diaryl/α,β-unsaturated/α-hetero) is 1. The number of aliphatic hydroxyl groups is 2. The molecule has 0 aliphatic carbocycles. The number of ether oxygens (including phenoxy) is 1. The van der Waals surface area contributed by atoms with Gasteiger partial charge in [-0.2, -0.15) is 0 Å². The number of rotatable bonds is 2. The first-order chi connectivity index (χ1) is 15.8. The molecule has 0 saturated carbocycles. The zero-order valence-corrected chi connectivity index (χ0v) is 22.2. The van der Waals surface area contributed by atoms with Crippen LogP contribution in [0.3, 0.4) is 0 Å². The third kappa shape index (κ3) is 5.78. The van der Waals surface area contributed by atoms with Crippen molar-refractivity contribution in [1.29, 1.82) is 0 Å². The Morgan fingerprint density at radius 2 is 1.94 bits per heavy atom. The first-order valence-corrected chi connectivity index (χ1v) is 13.1. The number of carbonyl (C=O) groups excluding carboxylic acids is 2. The molecule has 0 spiro atoms. The van der Waals surface area contributed by atoms with Gasteiger partial charge in [0.1, 0.15) is 11.9 Å². The van der Waals surface area contributed by atoms with Crippen molar-refractivity contribution >= 4 is 29.1 Å². The number of aromatic nitrogens is 1. The van der Waals surface area contributed by atoms with Crippen LogP contribution in [0.25, 0.3) is 6.08 Å². The fourth-order valence-electron chi connectivity index (χ4n) is 5.08. The molecule has 2 fully saturated rings. The maximum Gasteiger partial charge on any atom is 0.223 e. The van der Waals surface area contributed by atoms with Crippen molar-refractivity contribution in [2.75, 3.05) is 0 Å². The van der Waals surface area contributed by atoms with E-state index in [0.717, 1.165) is 35.5 Å². The number of thiazole rings is 1. The SMILES string of the molecule is C/C(=C\c1csc(C)n1)C1NC(=O)CC(O)C(C)(C)C(=O)C(C)C(O)C(C)CCC[C@@]2(C)OC12. The largest absolute Gasteiger partial charge is 0.392 e. The Morgan fingerprint density at radius 3 is 2.56 bits per heavy atom. The third-order valence-electron chi connectivity index (χ3n) is 7.75. The van der Waals surface area contributed by atoms with Gasteiger partial charge in [0.25, 0.3) is 0 Å². The van der Waals surface area contributed by atoms with Gasteiger partial charge in [-0.25, -0.2) is 4.98 Å². The van der Waals surface area contributed by atoms with Crippen LogP contribution >= 0.6 is 11.3 Å². The summed E-state index contributed by atoms with van der Waals surface area (Å²) in [5, 5.41) is 27.7. The van der Waals surface area contributed by atoms with E-state index in [9.17, 15) is 19.8 Å². The van der Waals surface area contributed by atoms with E-state index in [4.69, 9.17) is 4.74 Å². The normalized spacial score (nSPS) is 37.9. The van der Waals surface area contributed by atoms with E-state index in [0.29, 0.717) is 0 Å². The minimum absolute atomic E-state index is 0.0667. The number of hydrogen-bond acceptors (Lipinski definition) is 7. The highest BCUT2D eigenvalue weighted by atomic mass is 32.1. The second kappa shape index (κ2) is 10.2. The number of fused-ring (bicyclic) bond motifs is 1. The van der Waals surface area contributed by atoms with E-state index in [1.54, 1.807) is 32.1 Å². The molecule has 3 N–H and O–H groups in total. The Balaban J connectivity index is 1.89. The topological polar surface area (TPSA) is 112 Å². The van der Waals surface area contributed by atoms with Crippen molar-refractivity contribution in [1.82, 2.24) is 10.3 Å². The van der Waals surface area contributed by atoms with E-state index >= 15 is 0 Å². The van der Waals surface area contributed by atoms with Gasteiger partial charge in [-0.3, -0.25) is 9.59 Å². The van der Waals surface area contributed by atoms with Gasteiger partial charge in [-0.05, 0) is 51.2 Å². The average Bonchev–Trinajstić information content (AvgIpc) is 3.25. The second-order valence-corrected chi connectivity index (χ2v) is 12.1. The Morgan fingerprint density at radius 1 is 1.26 bits per heavy atom. The van der Waals surface area contributed by atoms with Gasteiger partial charge >= 0.3 is 0 Å². The molecule has 8 heteroatoms. The van der Waals surface area contributed by atoms with Gasteiger partial charge in [0.2, 0.25) is 5.91 Å². The van der Waals surface area contributed by atoms with Crippen molar-refractivity contribution < 1.29 is 24.5 Å². The number of nitrogens with one attached hydrogen (secondary N) is 1. The van der Waals surface area contributed by atoms with Crippen LogP contribution < -0.4 is 5.32 Å². The van der Waals surface area contributed by atoms with E-state index in [2.05, 4.69) is 17.2 Å². The summed E-state index contributed by atoms with van der Waals surface area (Å²) in [5.41, 5.74) is 0.227. The van der Waals surface area contributed by atoms with Gasteiger partial charge in [0.05, 0.1) is 46.4 Å². The van der Waals surface area contributed by atoms with Crippen molar-refractivity contribution in [2.24, 2.45) is 17.3 Å². The molecule has 34 heavy (non-hydrogen) atoms. The molecule has 3 rings (SSSR count). The number of aliphatic hydroxyl groups excluding tert-OH is 2. The maximum atomic E-state index is 13.2. The molecule has 1 amide bonds. The lowest BCUT2D eigenvalue weighted by atomic mass is 9.73. The van der Waals surface area contributed by atoms with Crippen LogP contribution in [0.5, 0.6) is 0 Å². The molecule has 0 radical (unpaired) electrons. The highest BCUT2D eigenvalue weighted by Gasteiger charge is 2.56. The average molecular weight is 493 g/mol. The number of ketones is 1. The Bertz CT molecular complexity index is 941. The Kier molecular flexibility index (Phi) is 8.07. The zero-order valence-electron chi connectivity index (χ0n) is 21.4. The first-order valence-electron chi connectivity index (χ1n) is 12.2. The molecule has 1 aromatic rings. The molecule has 2 aliphatic heterocycles.